The Morgan fingerprint density at radius 1 is 1.08 bits per heavy atom. The van der Waals surface area contributed by atoms with Crippen molar-refractivity contribution in [2.24, 2.45) is 0 Å². The lowest BCUT2D eigenvalue weighted by molar-refractivity contribution is 0.246. The minimum atomic E-state index is 0.0633. The first-order valence-electron chi connectivity index (χ1n) is 8.25. The van der Waals surface area contributed by atoms with Gasteiger partial charge in [-0.3, -0.25) is 9.69 Å². The van der Waals surface area contributed by atoms with Crippen molar-refractivity contribution < 1.29 is 0 Å². The molecule has 0 atom stereocenters. The lowest BCUT2D eigenvalue weighted by atomic mass is 10.3. The predicted octanol–water partition coefficient (Wildman–Crippen LogP) is 0.527. The van der Waals surface area contributed by atoms with Crippen molar-refractivity contribution in [3.63, 3.8) is 0 Å². The summed E-state index contributed by atoms with van der Waals surface area (Å²) in [6, 6.07) is 7.31. The fraction of sp³-hybridized carbons (Fsp3) is 0.471. The number of rotatable bonds is 5. The number of hydrogen-bond acceptors (Lipinski definition) is 6. The molecule has 0 unspecified atom stereocenters. The first-order valence-corrected chi connectivity index (χ1v) is 8.25. The average Bonchev–Trinajstić information content (AvgIpc) is 2.61. The number of nitrogens with zero attached hydrogens (tertiary/aromatic N) is 6. The number of aromatic nitrogens is 3. The first kappa shape index (κ1) is 16.4. The number of piperazine rings is 1. The molecule has 1 aliphatic heterocycles. The number of anilines is 2. The van der Waals surface area contributed by atoms with Crippen LogP contribution in [0.1, 0.15) is 0 Å². The van der Waals surface area contributed by atoms with Gasteiger partial charge in [-0.2, -0.15) is 0 Å². The summed E-state index contributed by atoms with van der Waals surface area (Å²) in [6.45, 7) is 5.45. The summed E-state index contributed by atoms with van der Waals surface area (Å²) in [7, 11) is 3.96. The van der Waals surface area contributed by atoms with E-state index in [1.165, 1.54) is 0 Å². The quantitative estimate of drug-likeness (QED) is 0.798. The zero-order chi connectivity index (χ0) is 16.9. The molecule has 1 saturated heterocycles. The molecule has 0 saturated carbocycles. The lowest BCUT2D eigenvalue weighted by Crippen LogP contribution is -2.47. The Hall–Kier alpha value is -2.41. The van der Waals surface area contributed by atoms with Crippen molar-refractivity contribution in [3.8, 4) is 0 Å². The highest BCUT2D eigenvalue weighted by Crippen LogP contribution is 2.17. The Bertz CT molecular complexity index is 721. The third-order valence-electron chi connectivity index (χ3n) is 4.35. The highest BCUT2D eigenvalue weighted by molar-refractivity contribution is 5.49. The highest BCUT2D eigenvalue weighted by atomic mass is 16.1. The van der Waals surface area contributed by atoms with E-state index in [1.807, 2.05) is 37.3 Å². The predicted molar refractivity (Wildman–Crippen MR) is 95.7 cm³/mol. The van der Waals surface area contributed by atoms with E-state index in [0.29, 0.717) is 0 Å². The van der Waals surface area contributed by atoms with E-state index in [-0.39, 0.29) is 5.56 Å². The molecule has 1 aliphatic rings. The normalized spacial score (nSPS) is 15.5. The summed E-state index contributed by atoms with van der Waals surface area (Å²) in [5, 5.41) is 0. The first-order chi connectivity index (χ1) is 11.6. The molecule has 3 rings (SSSR count). The fourth-order valence-electron chi connectivity index (χ4n) is 2.85. The second kappa shape index (κ2) is 7.44. The van der Waals surface area contributed by atoms with Gasteiger partial charge in [-0.05, 0) is 6.07 Å². The smallest absolute Gasteiger partial charge is 0.250 e. The van der Waals surface area contributed by atoms with E-state index in [9.17, 15) is 4.79 Å². The molecule has 0 bridgehead atoms. The van der Waals surface area contributed by atoms with Gasteiger partial charge < -0.3 is 14.4 Å². The lowest BCUT2D eigenvalue weighted by Gasteiger charge is -2.35. The van der Waals surface area contributed by atoms with Crippen molar-refractivity contribution >= 4 is 11.6 Å². The standard InChI is InChI=1S/C17H24N6O/c1-20(2)15-13-16(19-14-18-15)22-10-7-21(8-11-22)9-12-23-6-4-3-5-17(23)24/h3-6,13-14H,7-12H2,1-2H3. The number of hydrogen-bond donors (Lipinski definition) is 0. The molecule has 7 nitrogen and oxygen atoms in total. The second-order valence-electron chi connectivity index (χ2n) is 6.19. The van der Waals surface area contributed by atoms with Crippen LogP contribution in [0.4, 0.5) is 11.6 Å². The molecule has 128 valence electrons. The van der Waals surface area contributed by atoms with Crippen LogP contribution in [0, 0.1) is 0 Å². The van der Waals surface area contributed by atoms with E-state index < -0.39 is 0 Å². The minimum Gasteiger partial charge on any atom is -0.363 e. The third kappa shape index (κ3) is 3.91. The largest absolute Gasteiger partial charge is 0.363 e. The van der Waals surface area contributed by atoms with Crippen LogP contribution in [0.3, 0.4) is 0 Å². The van der Waals surface area contributed by atoms with Crippen LogP contribution < -0.4 is 15.4 Å². The zero-order valence-electron chi connectivity index (χ0n) is 14.3. The van der Waals surface area contributed by atoms with Crippen molar-refractivity contribution in [2.75, 3.05) is 56.6 Å². The molecule has 2 aromatic rings. The Labute approximate surface area is 142 Å². The van der Waals surface area contributed by atoms with Gasteiger partial charge in [-0.15, -0.1) is 0 Å². The van der Waals surface area contributed by atoms with Crippen molar-refractivity contribution in [1.82, 2.24) is 19.4 Å². The summed E-state index contributed by atoms with van der Waals surface area (Å²) in [6.07, 6.45) is 3.47. The van der Waals surface area contributed by atoms with E-state index in [4.69, 9.17) is 0 Å². The molecule has 0 spiro atoms. The molecule has 0 N–H and O–H groups in total. The Morgan fingerprint density at radius 3 is 2.58 bits per heavy atom. The topological polar surface area (TPSA) is 57.5 Å². The molecule has 0 aliphatic carbocycles. The van der Waals surface area contributed by atoms with E-state index in [0.717, 1.165) is 50.9 Å². The fourth-order valence-corrected chi connectivity index (χ4v) is 2.85. The third-order valence-corrected chi connectivity index (χ3v) is 4.35. The van der Waals surface area contributed by atoms with Crippen LogP contribution in [0.15, 0.2) is 41.6 Å². The summed E-state index contributed by atoms with van der Waals surface area (Å²) >= 11 is 0. The Morgan fingerprint density at radius 2 is 1.88 bits per heavy atom. The van der Waals surface area contributed by atoms with Gasteiger partial charge in [0, 0.05) is 71.7 Å². The summed E-state index contributed by atoms with van der Waals surface area (Å²) in [4.78, 5) is 27.1. The molecule has 3 heterocycles. The van der Waals surface area contributed by atoms with E-state index in [1.54, 1.807) is 23.0 Å². The van der Waals surface area contributed by atoms with Crippen LogP contribution in [0.25, 0.3) is 0 Å². The van der Waals surface area contributed by atoms with E-state index in [2.05, 4.69) is 19.8 Å². The van der Waals surface area contributed by atoms with E-state index >= 15 is 0 Å². The molecule has 0 aromatic carbocycles. The summed E-state index contributed by atoms with van der Waals surface area (Å²) < 4.78 is 1.76. The van der Waals surface area contributed by atoms with Crippen LogP contribution in [0.5, 0.6) is 0 Å². The van der Waals surface area contributed by atoms with Crippen molar-refractivity contribution in [1.29, 1.82) is 0 Å². The highest BCUT2D eigenvalue weighted by Gasteiger charge is 2.18. The van der Waals surface area contributed by atoms with Gasteiger partial charge in [0.1, 0.15) is 18.0 Å². The molecule has 7 heteroatoms. The minimum absolute atomic E-state index is 0.0633. The maximum absolute atomic E-state index is 11.7. The van der Waals surface area contributed by atoms with Gasteiger partial charge in [0.05, 0.1) is 0 Å². The van der Waals surface area contributed by atoms with Crippen molar-refractivity contribution in [2.45, 2.75) is 6.54 Å². The Kier molecular flexibility index (Phi) is 5.10. The van der Waals surface area contributed by atoms with Gasteiger partial charge in [0.25, 0.3) is 5.56 Å². The van der Waals surface area contributed by atoms with Crippen LogP contribution in [-0.4, -0.2) is 66.3 Å². The molecule has 24 heavy (non-hydrogen) atoms. The van der Waals surface area contributed by atoms with Gasteiger partial charge >= 0.3 is 0 Å². The van der Waals surface area contributed by atoms with Crippen molar-refractivity contribution in [3.05, 3.63) is 47.1 Å². The van der Waals surface area contributed by atoms with Crippen LogP contribution >= 0.6 is 0 Å². The van der Waals surface area contributed by atoms with Crippen LogP contribution in [-0.2, 0) is 6.54 Å². The number of pyridine rings is 1. The molecule has 0 amide bonds. The maximum Gasteiger partial charge on any atom is 0.250 e. The Balaban J connectivity index is 1.53. The monoisotopic (exact) mass is 328 g/mol. The van der Waals surface area contributed by atoms with Gasteiger partial charge in [-0.1, -0.05) is 6.07 Å². The molecular weight excluding hydrogens is 304 g/mol. The molecule has 0 radical (unpaired) electrons. The van der Waals surface area contributed by atoms with Crippen LogP contribution in [0.2, 0.25) is 0 Å². The molecule has 1 fully saturated rings. The maximum atomic E-state index is 11.7. The molecular formula is C17H24N6O. The van der Waals surface area contributed by atoms with Gasteiger partial charge in [-0.25, -0.2) is 9.97 Å². The summed E-state index contributed by atoms with van der Waals surface area (Å²) in [5.41, 5.74) is 0.0633. The average molecular weight is 328 g/mol. The second-order valence-corrected chi connectivity index (χ2v) is 6.19. The molecule has 2 aromatic heterocycles. The van der Waals surface area contributed by atoms with Gasteiger partial charge in [0.15, 0.2) is 0 Å². The summed E-state index contributed by atoms with van der Waals surface area (Å²) in [5.74, 6) is 1.90. The van der Waals surface area contributed by atoms with Gasteiger partial charge in [0.2, 0.25) is 0 Å². The zero-order valence-corrected chi connectivity index (χ0v) is 14.3. The SMILES string of the molecule is CN(C)c1cc(N2CCN(CCn3ccccc3=O)CC2)ncn1.